The van der Waals surface area contributed by atoms with Crippen molar-refractivity contribution < 1.29 is 4.42 Å². The minimum atomic E-state index is 0.481. The molecule has 0 fully saturated rings. The van der Waals surface area contributed by atoms with E-state index in [2.05, 4.69) is 10.9 Å². The summed E-state index contributed by atoms with van der Waals surface area (Å²) in [5.41, 5.74) is 0.922. The van der Waals surface area contributed by atoms with Gasteiger partial charge in [-0.25, -0.2) is 4.98 Å². The molecule has 0 unspecified atom stereocenters. The monoisotopic (exact) mass is 135 g/mol. The fourth-order valence-electron chi connectivity index (χ4n) is 0.702. The third-order valence-electron chi connectivity index (χ3n) is 1.33. The Labute approximate surface area is 60.3 Å². The highest BCUT2D eigenvalue weighted by molar-refractivity contribution is 5.08. The lowest BCUT2D eigenvalue weighted by Gasteiger charge is -1.80. The molecule has 0 bridgehead atoms. The average Bonchev–Trinajstić information content (AvgIpc) is 2.14. The van der Waals surface area contributed by atoms with E-state index in [-0.39, 0.29) is 0 Å². The lowest BCUT2D eigenvalue weighted by molar-refractivity contribution is 0.484. The number of nitrogens with zero attached hydrogens (tertiary/aromatic N) is 1. The van der Waals surface area contributed by atoms with E-state index >= 15 is 0 Å². The van der Waals surface area contributed by atoms with Gasteiger partial charge >= 0.3 is 0 Å². The number of aryl methyl sites for hydroxylation is 2. The molecule has 0 atom stereocenters. The molecule has 0 amide bonds. The molecule has 1 aromatic heterocycles. The summed E-state index contributed by atoms with van der Waals surface area (Å²) in [6.45, 7) is 3.78. The maximum atomic E-state index is 5.20. The van der Waals surface area contributed by atoms with E-state index in [0.29, 0.717) is 12.3 Å². The average molecular weight is 135 g/mol. The van der Waals surface area contributed by atoms with Crippen LogP contribution in [-0.4, -0.2) is 4.98 Å². The first kappa shape index (κ1) is 6.88. The molecule has 0 N–H and O–H groups in total. The molecule has 0 aliphatic carbocycles. The van der Waals surface area contributed by atoms with Gasteiger partial charge in [0.05, 0.1) is 12.1 Å². The van der Waals surface area contributed by atoms with E-state index in [1.165, 1.54) is 0 Å². The maximum Gasteiger partial charge on any atom is 0.206 e. The smallest absolute Gasteiger partial charge is 0.206 e. The van der Waals surface area contributed by atoms with Crippen LogP contribution in [0.25, 0.3) is 0 Å². The molecule has 2 heteroatoms. The van der Waals surface area contributed by atoms with Crippen LogP contribution in [0.3, 0.4) is 0 Å². The third kappa shape index (κ3) is 1.19. The van der Waals surface area contributed by atoms with Gasteiger partial charge in [-0.05, 0) is 13.8 Å². The number of terminal acetylenes is 1. The van der Waals surface area contributed by atoms with Gasteiger partial charge < -0.3 is 4.42 Å². The van der Waals surface area contributed by atoms with E-state index in [1.54, 1.807) is 0 Å². The van der Waals surface area contributed by atoms with Crippen LogP contribution < -0.4 is 0 Å². The lowest BCUT2D eigenvalue weighted by atomic mass is 10.4. The van der Waals surface area contributed by atoms with E-state index in [9.17, 15) is 0 Å². The minimum Gasteiger partial charge on any atom is -0.445 e. The van der Waals surface area contributed by atoms with Crippen molar-refractivity contribution in [2.75, 3.05) is 0 Å². The number of oxazole rings is 1. The SMILES string of the molecule is C#CCc1nc(C)c(C)o1. The van der Waals surface area contributed by atoms with Gasteiger partial charge in [0, 0.05) is 0 Å². The van der Waals surface area contributed by atoms with Crippen molar-refractivity contribution >= 4 is 0 Å². The van der Waals surface area contributed by atoms with Crippen molar-refractivity contribution in [2.24, 2.45) is 0 Å². The Morgan fingerprint density at radius 1 is 1.60 bits per heavy atom. The molecule has 0 aliphatic rings. The Hall–Kier alpha value is -1.23. The van der Waals surface area contributed by atoms with Crippen molar-refractivity contribution in [3.8, 4) is 12.3 Å². The quantitative estimate of drug-likeness (QED) is 0.545. The molecule has 0 spiro atoms. The summed E-state index contributed by atoms with van der Waals surface area (Å²) in [6, 6.07) is 0. The lowest BCUT2D eigenvalue weighted by Crippen LogP contribution is -1.79. The zero-order valence-corrected chi connectivity index (χ0v) is 6.14. The third-order valence-corrected chi connectivity index (χ3v) is 1.33. The number of hydrogen-bond acceptors (Lipinski definition) is 2. The minimum absolute atomic E-state index is 0.481. The number of aromatic nitrogens is 1. The predicted octanol–water partition coefficient (Wildman–Crippen LogP) is 1.47. The number of hydrogen-bond donors (Lipinski definition) is 0. The normalized spacial score (nSPS) is 9.30. The van der Waals surface area contributed by atoms with Crippen LogP contribution in [0.5, 0.6) is 0 Å². The first-order chi connectivity index (χ1) is 4.74. The van der Waals surface area contributed by atoms with Crippen molar-refractivity contribution in [3.63, 3.8) is 0 Å². The van der Waals surface area contributed by atoms with Gasteiger partial charge in [-0.2, -0.15) is 0 Å². The Morgan fingerprint density at radius 2 is 2.30 bits per heavy atom. The molecule has 1 heterocycles. The molecule has 52 valence electrons. The standard InChI is InChI=1S/C8H9NO/c1-4-5-8-9-6(2)7(3)10-8/h1H,5H2,2-3H3. The molecule has 0 saturated carbocycles. The fourth-order valence-corrected chi connectivity index (χ4v) is 0.702. The van der Waals surface area contributed by atoms with E-state index in [1.807, 2.05) is 13.8 Å². The molecule has 0 aliphatic heterocycles. The molecule has 2 nitrogen and oxygen atoms in total. The van der Waals surface area contributed by atoms with Gasteiger partial charge in [0.15, 0.2) is 0 Å². The van der Waals surface area contributed by atoms with Crippen LogP contribution in [0.15, 0.2) is 4.42 Å². The Morgan fingerprint density at radius 3 is 2.70 bits per heavy atom. The summed E-state index contributed by atoms with van der Waals surface area (Å²) in [5.74, 6) is 3.96. The van der Waals surface area contributed by atoms with E-state index < -0.39 is 0 Å². The predicted molar refractivity (Wildman–Crippen MR) is 38.5 cm³/mol. The Balaban J connectivity index is 2.90. The summed E-state index contributed by atoms with van der Waals surface area (Å²) in [5, 5.41) is 0. The van der Waals surface area contributed by atoms with Crippen LogP contribution >= 0.6 is 0 Å². The van der Waals surface area contributed by atoms with Gasteiger partial charge in [-0.3, -0.25) is 0 Å². The fraction of sp³-hybridized carbons (Fsp3) is 0.375. The zero-order valence-electron chi connectivity index (χ0n) is 6.14. The first-order valence-corrected chi connectivity index (χ1v) is 3.10. The highest BCUT2D eigenvalue weighted by Crippen LogP contribution is 2.07. The topological polar surface area (TPSA) is 26.0 Å². The van der Waals surface area contributed by atoms with E-state index in [4.69, 9.17) is 10.8 Å². The van der Waals surface area contributed by atoms with Gasteiger partial charge in [-0.15, -0.1) is 6.42 Å². The second kappa shape index (κ2) is 2.57. The van der Waals surface area contributed by atoms with Gasteiger partial charge in [-0.1, -0.05) is 5.92 Å². The highest BCUT2D eigenvalue weighted by Gasteiger charge is 2.01. The Kier molecular flexibility index (Phi) is 1.77. The molecule has 0 radical (unpaired) electrons. The van der Waals surface area contributed by atoms with Crippen LogP contribution in [0.1, 0.15) is 17.3 Å². The van der Waals surface area contributed by atoms with Crippen LogP contribution in [0.2, 0.25) is 0 Å². The highest BCUT2D eigenvalue weighted by atomic mass is 16.4. The van der Waals surface area contributed by atoms with Crippen LogP contribution in [-0.2, 0) is 6.42 Å². The maximum absolute atomic E-state index is 5.20. The second-order valence-electron chi connectivity index (χ2n) is 2.13. The molecule has 1 aromatic rings. The summed E-state index contributed by atoms with van der Waals surface area (Å²) >= 11 is 0. The van der Waals surface area contributed by atoms with Gasteiger partial charge in [0.1, 0.15) is 5.76 Å². The molecule has 1 rings (SSSR count). The number of rotatable bonds is 1. The van der Waals surface area contributed by atoms with E-state index in [0.717, 1.165) is 11.5 Å². The first-order valence-electron chi connectivity index (χ1n) is 3.10. The van der Waals surface area contributed by atoms with Gasteiger partial charge in [0.25, 0.3) is 0 Å². The van der Waals surface area contributed by atoms with Crippen molar-refractivity contribution in [1.29, 1.82) is 0 Å². The summed E-state index contributed by atoms with van der Waals surface area (Å²) in [6.07, 6.45) is 5.55. The molecule has 0 saturated heterocycles. The molecule has 0 aromatic carbocycles. The Bertz CT molecular complexity index is 248. The summed E-state index contributed by atoms with van der Waals surface area (Å²) < 4.78 is 5.20. The summed E-state index contributed by atoms with van der Waals surface area (Å²) in [7, 11) is 0. The van der Waals surface area contributed by atoms with Gasteiger partial charge in [0.2, 0.25) is 5.89 Å². The van der Waals surface area contributed by atoms with Crippen molar-refractivity contribution in [3.05, 3.63) is 17.3 Å². The van der Waals surface area contributed by atoms with Crippen molar-refractivity contribution in [2.45, 2.75) is 20.3 Å². The zero-order chi connectivity index (χ0) is 7.56. The molecular formula is C8H9NO. The van der Waals surface area contributed by atoms with Crippen LogP contribution in [0, 0.1) is 26.2 Å². The van der Waals surface area contributed by atoms with Crippen molar-refractivity contribution in [1.82, 2.24) is 4.98 Å². The molecule has 10 heavy (non-hydrogen) atoms. The largest absolute Gasteiger partial charge is 0.445 e. The second-order valence-corrected chi connectivity index (χ2v) is 2.13. The van der Waals surface area contributed by atoms with Crippen LogP contribution in [0.4, 0.5) is 0 Å². The molecular weight excluding hydrogens is 126 g/mol. The summed E-state index contributed by atoms with van der Waals surface area (Å²) in [4.78, 5) is 4.09.